The van der Waals surface area contributed by atoms with Crippen LogP contribution in [0.1, 0.15) is 23.0 Å². The number of aromatic nitrogens is 3. The highest BCUT2D eigenvalue weighted by atomic mass is 16.1. The molecule has 0 aromatic carbocycles. The molecule has 6 heteroatoms. The van der Waals surface area contributed by atoms with Gasteiger partial charge in [0.25, 0.3) is 5.91 Å². The molecule has 21 heavy (non-hydrogen) atoms. The highest BCUT2D eigenvalue weighted by Crippen LogP contribution is 2.07. The molecule has 2 aromatic rings. The third-order valence-corrected chi connectivity index (χ3v) is 3.42. The topological polar surface area (TPSA) is 63.1 Å². The molecule has 0 saturated carbocycles. The second kappa shape index (κ2) is 6.88. The normalized spacial score (nSPS) is 10.4. The Kier molecular flexibility index (Phi) is 4.92. The Balaban J connectivity index is 1.86. The standard InChI is InChI=1S/C15H21N5O/c1-4-20-12(2)13(11-18-20)15(21)17-9-10-19(3)14-7-5-6-8-16-14/h5-8,11H,4,9-10H2,1-3H3,(H,17,21). The lowest BCUT2D eigenvalue weighted by molar-refractivity contribution is 0.0954. The molecule has 0 aliphatic rings. The van der Waals surface area contributed by atoms with Crippen LogP contribution in [0.5, 0.6) is 0 Å². The van der Waals surface area contributed by atoms with Gasteiger partial charge in [-0.15, -0.1) is 0 Å². The predicted octanol–water partition coefficient (Wildman–Crippen LogP) is 1.47. The molecule has 112 valence electrons. The molecule has 0 radical (unpaired) electrons. The van der Waals surface area contributed by atoms with Crippen molar-refractivity contribution in [3.63, 3.8) is 0 Å². The number of carbonyl (C=O) groups is 1. The number of aryl methyl sites for hydroxylation is 1. The summed E-state index contributed by atoms with van der Waals surface area (Å²) in [6, 6.07) is 5.77. The van der Waals surface area contributed by atoms with E-state index in [9.17, 15) is 4.79 Å². The van der Waals surface area contributed by atoms with Crippen LogP contribution in [-0.2, 0) is 6.54 Å². The van der Waals surface area contributed by atoms with E-state index in [-0.39, 0.29) is 5.91 Å². The number of hydrogen-bond acceptors (Lipinski definition) is 4. The number of pyridine rings is 1. The number of carbonyl (C=O) groups excluding carboxylic acids is 1. The van der Waals surface area contributed by atoms with Gasteiger partial charge in [-0.2, -0.15) is 5.10 Å². The molecule has 0 fully saturated rings. The Morgan fingerprint density at radius 3 is 2.86 bits per heavy atom. The van der Waals surface area contributed by atoms with E-state index < -0.39 is 0 Å². The summed E-state index contributed by atoms with van der Waals surface area (Å²) in [5.74, 6) is 0.809. The maximum atomic E-state index is 12.1. The first kappa shape index (κ1) is 15.0. The van der Waals surface area contributed by atoms with Gasteiger partial charge in [-0.1, -0.05) is 6.07 Å². The zero-order valence-corrected chi connectivity index (χ0v) is 12.7. The van der Waals surface area contributed by atoms with Crippen molar-refractivity contribution in [3.8, 4) is 0 Å². The molecule has 0 aliphatic heterocycles. The molecule has 0 atom stereocenters. The average Bonchev–Trinajstić information content (AvgIpc) is 2.88. The minimum absolute atomic E-state index is 0.0818. The molecule has 1 amide bonds. The van der Waals surface area contributed by atoms with Crippen LogP contribution < -0.4 is 10.2 Å². The number of rotatable bonds is 6. The molecule has 2 rings (SSSR count). The lowest BCUT2D eigenvalue weighted by atomic mass is 10.2. The van der Waals surface area contributed by atoms with Crippen LogP contribution in [0.3, 0.4) is 0 Å². The van der Waals surface area contributed by atoms with E-state index in [2.05, 4.69) is 15.4 Å². The van der Waals surface area contributed by atoms with Crippen LogP contribution >= 0.6 is 0 Å². The molecule has 2 heterocycles. The Morgan fingerprint density at radius 1 is 1.43 bits per heavy atom. The van der Waals surface area contributed by atoms with Gasteiger partial charge in [0, 0.05) is 38.6 Å². The van der Waals surface area contributed by atoms with Crippen molar-refractivity contribution in [2.45, 2.75) is 20.4 Å². The first-order chi connectivity index (χ1) is 10.1. The van der Waals surface area contributed by atoms with Crippen molar-refractivity contribution in [2.75, 3.05) is 25.0 Å². The van der Waals surface area contributed by atoms with Gasteiger partial charge in [-0.05, 0) is 26.0 Å². The Bertz CT molecular complexity index is 593. The van der Waals surface area contributed by atoms with Crippen LogP contribution in [0.4, 0.5) is 5.82 Å². The Hall–Kier alpha value is -2.37. The number of nitrogens with zero attached hydrogens (tertiary/aromatic N) is 4. The molecule has 2 aromatic heterocycles. The average molecular weight is 287 g/mol. The highest BCUT2D eigenvalue weighted by Gasteiger charge is 2.13. The number of likely N-dealkylation sites (N-methyl/N-ethyl adjacent to an activating group) is 1. The Morgan fingerprint density at radius 2 is 2.24 bits per heavy atom. The van der Waals surface area contributed by atoms with Gasteiger partial charge in [0.2, 0.25) is 0 Å². The summed E-state index contributed by atoms with van der Waals surface area (Å²) in [5, 5.41) is 7.10. The molecular formula is C15H21N5O. The fourth-order valence-electron chi connectivity index (χ4n) is 2.11. The molecule has 0 unspecified atom stereocenters. The molecule has 0 bridgehead atoms. The van der Waals surface area contributed by atoms with E-state index in [1.165, 1.54) is 0 Å². The van der Waals surface area contributed by atoms with Crippen molar-refractivity contribution in [3.05, 3.63) is 41.9 Å². The van der Waals surface area contributed by atoms with Crippen LogP contribution in [0.25, 0.3) is 0 Å². The third kappa shape index (κ3) is 3.59. The van der Waals surface area contributed by atoms with Crippen molar-refractivity contribution in [2.24, 2.45) is 0 Å². The predicted molar refractivity (Wildman–Crippen MR) is 82.5 cm³/mol. The SMILES string of the molecule is CCn1ncc(C(=O)NCCN(C)c2ccccn2)c1C. The fourth-order valence-corrected chi connectivity index (χ4v) is 2.11. The van der Waals surface area contributed by atoms with Gasteiger partial charge >= 0.3 is 0 Å². The second-order valence-electron chi connectivity index (χ2n) is 4.82. The summed E-state index contributed by atoms with van der Waals surface area (Å²) in [6.45, 7) is 5.93. The third-order valence-electron chi connectivity index (χ3n) is 3.42. The molecule has 1 N–H and O–H groups in total. The summed E-state index contributed by atoms with van der Waals surface area (Å²) in [7, 11) is 1.95. The Labute approximate surface area is 124 Å². The van der Waals surface area contributed by atoms with Crippen molar-refractivity contribution in [1.82, 2.24) is 20.1 Å². The maximum absolute atomic E-state index is 12.1. The highest BCUT2D eigenvalue weighted by molar-refractivity contribution is 5.95. The van der Waals surface area contributed by atoms with Gasteiger partial charge in [0.1, 0.15) is 5.82 Å². The summed E-state index contributed by atoms with van der Waals surface area (Å²) in [4.78, 5) is 18.4. The van der Waals surface area contributed by atoms with Crippen molar-refractivity contribution >= 4 is 11.7 Å². The van der Waals surface area contributed by atoms with Gasteiger partial charge in [-0.25, -0.2) is 4.98 Å². The smallest absolute Gasteiger partial charge is 0.254 e. The van der Waals surface area contributed by atoms with E-state index >= 15 is 0 Å². The zero-order chi connectivity index (χ0) is 15.2. The number of amides is 1. The second-order valence-corrected chi connectivity index (χ2v) is 4.82. The quantitative estimate of drug-likeness (QED) is 0.874. The zero-order valence-electron chi connectivity index (χ0n) is 12.7. The lowest BCUT2D eigenvalue weighted by Gasteiger charge is -2.18. The maximum Gasteiger partial charge on any atom is 0.254 e. The minimum Gasteiger partial charge on any atom is -0.358 e. The van der Waals surface area contributed by atoms with Crippen LogP contribution in [0.15, 0.2) is 30.6 Å². The van der Waals surface area contributed by atoms with Gasteiger partial charge in [0.05, 0.1) is 11.8 Å². The van der Waals surface area contributed by atoms with E-state index in [0.29, 0.717) is 18.7 Å². The van der Waals surface area contributed by atoms with E-state index in [1.807, 2.05) is 48.7 Å². The molecule has 6 nitrogen and oxygen atoms in total. The molecule has 0 spiro atoms. The number of nitrogens with one attached hydrogen (secondary N) is 1. The summed E-state index contributed by atoms with van der Waals surface area (Å²) in [5.41, 5.74) is 1.53. The van der Waals surface area contributed by atoms with Gasteiger partial charge in [-0.3, -0.25) is 9.48 Å². The van der Waals surface area contributed by atoms with E-state index in [0.717, 1.165) is 18.1 Å². The molecule has 0 saturated heterocycles. The van der Waals surface area contributed by atoms with Gasteiger partial charge in [0.15, 0.2) is 0 Å². The lowest BCUT2D eigenvalue weighted by Crippen LogP contribution is -2.33. The summed E-state index contributed by atoms with van der Waals surface area (Å²) >= 11 is 0. The van der Waals surface area contributed by atoms with Crippen LogP contribution in [0.2, 0.25) is 0 Å². The van der Waals surface area contributed by atoms with Crippen LogP contribution in [-0.4, -0.2) is 40.8 Å². The number of anilines is 1. The van der Waals surface area contributed by atoms with E-state index in [1.54, 1.807) is 12.4 Å². The summed E-state index contributed by atoms with van der Waals surface area (Å²) in [6.07, 6.45) is 3.38. The fraction of sp³-hybridized carbons (Fsp3) is 0.400. The van der Waals surface area contributed by atoms with Crippen LogP contribution in [0, 0.1) is 6.92 Å². The molecular weight excluding hydrogens is 266 g/mol. The van der Waals surface area contributed by atoms with Gasteiger partial charge < -0.3 is 10.2 Å². The largest absolute Gasteiger partial charge is 0.358 e. The monoisotopic (exact) mass is 287 g/mol. The minimum atomic E-state index is -0.0818. The molecule has 0 aliphatic carbocycles. The van der Waals surface area contributed by atoms with Crippen molar-refractivity contribution < 1.29 is 4.79 Å². The first-order valence-electron chi connectivity index (χ1n) is 7.06. The summed E-state index contributed by atoms with van der Waals surface area (Å²) < 4.78 is 1.81. The van der Waals surface area contributed by atoms with Crippen molar-refractivity contribution in [1.29, 1.82) is 0 Å². The van der Waals surface area contributed by atoms with E-state index in [4.69, 9.17) is 0 Å². The first-order valence-corrected chi connectivity index (χ1v) is 7.06. The number of hydrogen-bond donors (Lipinski definition) is 1.